The van der Waals surface area contributed by atoms with Gasteiger partial charge in [0.2, 0.25) is 0 Å². The van der Waals surface area contributed by atoms with Crippen molar-refractivity contribution in [1.29, 1.82) is 0 Å². The van der Waals surface area contributed by atoms with Crippen LogP contribution >= 0.6 is 15.9 Å². The quantitative estimate of drug-likeness (QED) is 0.819. The van der Waals surface area contributed by atoms with E-state index in [0.29, 0.717) is 0 Å². The van der Waals surface area contributed by atoms with Gasteiger partial charge in [-0.3, -0.25) is 0 Å². The second-order valence-corrected chi connectivity index (χ2v) is 4.78. The lowest BCUT2D eigenvalue weighted by atomic mass is 10.2. The molecule has 0 atom stereocenters. The molecule has 88 valence electrons. The van der Waals surface area contributed by atoms with Crippen molar-refractivity contribution in [2.45, 2.75) is 6.54 Å². The van der Waals surface area contributed by atoms with Crippen LogP contribution in [0.2, 0.25) is 0 Å². The zero-order chi connectivity index (χ0) is 12.3. The van der Waals surface area contributed by atoms with Crippen molar-refractivity contribution < 1.29 is 4.39 Å². The summed E-state index contributed by atoms with van der Waals surface area (Å²) in [4.78, 5) is 2.02. The molecular weight excluding hydrogens is 281 g/mol. The first-order valence-corrected chi connectivity index (χ1v) is 6.16. The van der Waals surface area contributed by atoms with Crippen molar-refractivity contribution in [2.24, 2.45) is 0 Å². The molecule has 0 aliphatic heterocycles. The monoisotopic (exact) mass is 293 g/mol. The van der Waals surface area contributed by atoms with E-state index in [2.05, 4.69) is 22.0 Å². The van der Waals surface area contributed by atoms with Crippen LogP contribution in [0.25, 0.3) is 0 Å². The Balaban J connectivity index is 2.17. The predicted octanol–water partition coefficient (Wildman–Crippen LogP) is 4.22. The third kappa shape index (κ3) is 3.07. The summed E-state index contributed by atoms with van der Waals surface area (Å²) in [6, 6.07) is 14.7. The molecule has 2 aromatic carbocycles. The van der Waals surface area contributed by atoms with Crippen LogP contribution < -0.4 is 4.90 Å². The summed E-state index contributed by atoms with van der Waals surface area (Å²) in [6.45, 7) is 0.741. The molecule has 0 heterocycles. The summed E-state index contributed by atoms with van der Waals surface area (Å²) in [6.07, 6.45) is 0. The Morgan fingerprint density at radius 2 is 1.88 bits per heavy atom. The maximum Gasteiger partial charge on any atom is 0.125 e. The second kappa shape index (κ2) is 5.32. The molecule has 0 radical (unpaired) electrons. The fraction of sp³-hybridized carbons (Fsp3) is 0.143. The molecule has 3 heteroatoms. The highest BCUT2D eigenvalue weighted by molar-refractivity contribution is 9.10. The molecule has 2 rings (SSSR count). The van der Waals surface area contributed by atoms with E-state index in [4.69, 9.17) is 0 Å². The van der Waals surface area contributed by atoms with E-state index >= 15 is 0 Å². The number of hydrogen-bond acceptors (Lipinski definition) is 1. The van der Waals surface area contributed by atoms with E-state index in [-0.39, 0.29) is 5.82 Å². The minimum absolute atomic E-state index is 0.207. The van der Waals surface area contributed by atoms with E-state index in [1.807, 2.05) is 36.2 Å². The Hall–Kier alpha value is -1.35. The largest absolute Gasteiger partial charge is 0.370 e. The Kier molecular flexibility index (Phi) is 3.79. The average molecular weight is 294 g/mol. The molecule has 0 aliphatic rings. The molecule has 0 bridgehead atoms. The van der Waals surface area contributed by atoms with Crippen molar-refractivity contribution in [2.75, 3.05) is 11.9 Å². The number of halogens is 2. The first-order chi connectivity index (χ1) is 8.16. The van der Waals surface area contributed by atoms with E-state index in [9.17, 15) is 4.39 Å². The van der Waals surface area contributed by atoms with Crippen molar-refractivity contribution in [3.8, 4) is 0 Å². The lowest BCUT2D eigenvalue weighted by Crippen LogP contribution is -2.16. The Morgan fingerprint density at radius 3 is 2.59 bits per heavy atom. The molecule has 0 aromatic heterocycles. The number of nitrogens with zero attached hydrogens (tertiary/aromatic N) is 1. The van der Waals surface area contributed by atoms with E-state index in [1.165, 1.54) is 17.7 Å². The van der Waals surface area contributed by atoms with Gasteiger partial charge in [-0.05, 0) is 29.8 Å². The van der Waals surface area contributed by atoms with Crippen molar-refractivity contribution >= 4 is 21.6 Å². The molecule has 0 fully saturated rings. The zero-order valence-corrected chi connectivity index (χ0v) is 11.1. The van der Waals surface area contributed by atoms with Crippen LogP contribution in [0.4, 0.5) is 10.1 Å². The number of rotatable bonds is 3. The van der Waals surface area contributed by atoms with Gasteiger partial charge in [0.15, 0.2) is 0 Å². The highest BCUT2D eigenvalue weighted by atomic mass is 79.9. The molecule has 0 saturated carbocycles. The van der Waals surface area contributed by atoms with Crippen molar-refractivity contribution in [3.05, 3.63) is 64.4 Å². The molecule has 17 heavy (non-hydrogen) atoms. The smallest absolute Gasteiger partial charge is 0.125 e. The highest BCUT2D eigenvalue weighted by Gasteiger charge is 2.05. The summed E-state index contributed by atoms with van der Waals surface area (Å²) < 4.78 is 14.2. The normalized spacial score (nSPS) is 10.3. The Bertz CT molecular complexity index is 513. The second-order valence-electron chi connectivity index (χ2n) is 3.93. The summed E-state index contributed by atoms with van der Waals surface area (Å²) in [5.74, 6) is -0.207. The number of anilines is 1. The van der Waals surface area contributed by atoms with Crippen LogP contribution in [0, 0.1) is 5.82 Å². The maximum absolute atomic E-state index is 13.1. The van der Waals surface area contributed by atoms with Gasteiger partial charge in [0.1, 0.15) is 5.82 Å². The SMILES string of the molecule is CN(Cc1ccccc1Br)c1cccc(F)c1. The summed E-state index contributed by atoms with van der Waals surface area (Å²) in [5.41, 5.74) is 2.06. The fourth-order valence-electron chi connectivity index (χ4n) is 1.69. The van der Waals surface area contributed by atoms with Crippen LogP contribution in [0.5, 0.6) is 0 Å². The molecule has 2 aromatic rings. The van der Waals surface area contributed by atoms with E-state index in [1.54, 1.807) is 6.07 Å². The minimum Gasteiger partial charge on any atom is -0.370 e. The van der Waals surface area contributed by atoms with E-state index < -0.39 is 0 Å². The molecule has 0 saturated heterocycles. The van der Waals surface area contributed by atoms with Crippen molar-refractivity contribution in [3.63, 3.8) is 0 Å². The third-order valence-corrected chi connectivity index (χ3v) is 3.39. The van der Waals surface area contributed by atoms with Gasteiger partial charge >= 0.3 is 0 Å². The topological polar surface area (TPSA) is 3.24 Å². The standard InChI is InChI=1S/C14H13BrFN/c1-17(13-7-4-6-12(16)9-13)10-11-5-2-3-8-14(11)15/h2-9H,10H2,1H3. The Labute approximate surface area is 109 Å². The molecule has 0 unspecified atom stereocenters. The minimum atomic E-state index is -0.207. The molecule has 0 aliphatic carbocycles. The summed E-state index contributed by atoms with van der Waals surface area (Å²) in [5, 5.41) is 0. The maximum atomic E-state index is 13.1. The molecular formula is C14H13BrFN. The van der Waals surface area contributed by atoms with Crippen LogP contribution in [0.3, 0.4) is 0 Å². The van der Waals surface area contributed by atoms with Gasteiger partial charge in [-0.15, -0.1) is 0 Å². The van der Waals surface area contributed by atoms with Gasteiger partial charge in [-0.25, -0.2) is 4.39 Å². The first kappa shape index (κ1) is 12.1. The van der Waals surface area contributed by atoms with Gasteiger partial charge in [-0.1, -0.05) is 40.2 Å². The van der Waals surface area contributed by atoms with Gasteiger partial charge in [0.25, 0.3) is 0 Å². The van der Waals surface area contributed by atoms with Gasteiger partial charge in [0.05, 0.1) is 0 Å². The summed E-state index contributed by atoms with van der Waals surface area (Å²) in [7, 11) is 1.95. The third-order valence-electron chi connectivity index (χ3n) is 2.61. The van der Waals surface area contributed by atoms with Gasteiger partial charge < -0.3 is 4.90 Å². The average Bonchev–Trinajstić information content (AvgIpc) is 2.32. The van der Waals surface area contributed by atoms with Gasteiger partial charge in [-0.2, -0.15) is 0 Å². The molecule has 0 spiro atoms. The van der Waals surface area contributed by atoms with Crippen LogP contribution in [0.1, 0.15) is 5.56 Å². The van der Waals surface area contributed by atoms with Gasteiger partial charge in [0, 0.05) is 23.8 Å². The van der Waals surface area contributed by atoms with Crippen LogP contribution in [0.15, 0.2) is 53.0 Å². The summed E-state index contributed by atoms with van der Waals surface area (Å²) >= 11 is 3.51. The number of hydrogen-bond donors (Lipinski definition) is 0. The van der Waals surface area contributed by atoms with Crippen molar-refractivity contribution in [1.82, 2.24) is 0 Å². The van der Waals surface area contributed by atoms with Crippen LogP contribution in [-0.2, 0) is 6.54 Å². The van der Waals surface area contributed by atoms with E-state index in [0.717, 1.165) is 16.7 Å². The molecule has 1 nitrogen and oxygen atoms in total. The molecule has 0 N–H and O–H groups in total. The lowest BCUT2D eigenvalue weighted by Gasteiger charge is -2.20. The Morgan fingerprint density at radius 1 is 1.12 bits per heavy atom. The predicted molar refractivity (Wildman–Crippen MR) is 72.6 cm³/mol. The zero-order valence-electron chi connectivity index (χ0n) is 9.53. The fourth-order valence-corrected chi connectivity index (χ4v) is 2.10. The van der Waals surface area contributed by atoms with Crippen LogP contribution in [-0.4, -0.2) is 7.05 Å². The lowest BCUT2D eigenvalue weighted by molar-refractivity contribution is 0.627. The molecule has 0 amide bonds. The first-order valence-electron chi connectivity index (χ1n) is 5.37. The number of benzene rings is 2. The highest BCUT2D eigenvalue weighted by Crippen LogP contribution is 2.21.